The Morgan fingerprint density at radius 3 is 2.68 bits per heavy atom. The molecule has 1 aliphatic heterocycles. The number of amides is 1. The van der Waals surface area contributed by atoms with Crippen molar-refractivity contribution in [3.05, 3.63) is 30.1 Å². The van der Waals surface area contributed by atoms with Crippen molar-refractivity contribution >= 4 is 17.7 Å². The second kappa shape index (κ2) is 6.91. The zero-order valence-electron chi connectivity index (χ0n) is 10.9. The molecule has 0 atom stereocenters. The van der Waals surface area contributed by atoms with Crippen LogP contribution < -0.4 is 10.6 Å². The van der Waals surface area contributed by atoms with Gasteiger partial charge >= 0.3 is 0 Å². The minimum atomic E-state index is -0.167. The molecule has 19 heavy (non-hydrogen) atoms. The summed E-state index contributed by atoms with van der Waals surface area (Å²) in [6.45, 7) is 2.99. The summed E-state index contributed by atoms with van der Waals surface area (Å²) in [5.74, 6) is 0.648. The van der Waals surface area contributed by atoms with Crippen LogP contribution in [0.5, 0.6) is 0 Å². The number of hydrogen-bond donors (Lipinski definition) is 2. The SMILES string of the molecule is NC(=O)C1CC[NH+](CCSc2ccccc2F)CC1. The summed E-state index contributed by atoms with van der Waals surface area (Å²) in [5.41, 5.74) is 5.31. The van der Waals surface area contributed by atoms with E-state index in [1.807, 2.05) is 12.1 Å². The van der Waals surface area contributed by atoms with Crippen LogP contribution in [-0.2, 0) is 4.79 Å². The average Bonchev–Trinajstić information content (AvgIpc) is 2.41. The van der Waals surface area contributed by atoms with Crippen LogP contribution in [0.3, 0.4) is 0 Å². The molecule has 1 fully saturated rings. The van der Waals surface area contributed by atoms with Gasteiger partial charge in [0.05, 0.1) is 19.6 Å². The Bertz CT molecular complexity index is 433. The van der Waals surface area contributed by atoms with E-state index >= 15 is 0 Å². The summed E-state index contributed by atoms with van der Waals surface area (Å²) < 4.78 is 13.4. The van der Waals surface area contributed by atoms with Gasteiger partial charge in [-0.15, -0.1) is 11.8 Å². The van der Waals surface area contributed by atoms with Gasteiger partial charge in [0.25, 0.3) is 0 Å². The van der Waals surface area contributed by atoms with E-state index < -0.39 is 0 Å². The first-order valence-electron chi connectivity index (χ1n) is 6.67. The Morgan fingerprint density at radius 1 is 1.37 bits per heavy atom. The van der Waals surface area contributed by atoms with E-state index in [0.29, 0.717) is 4.90 Å². The lowest BCUT2D eigenvalue weighted by molar-refractivity contribution is -0.903. The molecule has 1 amide bonds. The first-order valence-corrected chi connectivity index (χ1v) is 7.65. The van der Waals surface area contributed by atoms with Crippen molar-refractivity contribution in [2.45, 2.75) is 17.7 Å². The van der Waals surface area contributed by atoms with Crippen LogP contribution in [0.2, 0.25) is 0 Å². The molecular formula is C14H20FN2OS+. The molecule has 0 bridgehead atoms. The maximum absolute atomic E-state index is 13.4. The molecule has 104 valence electrons. The van der Waals surface area contributed by atoms with Gasteiger partial charge in [-0.05, 0) is 12.1 Å². The van der Waals surface area contributed by atoms with Crippen LogP contribution in [0, 0.1) is 11.7 Å². The van der Waals surface area contributed by atoms with Crippen molar-refractivity contribution in [3.8, 4) is 0 Å². The summed E-state index contributed by atoms with van der Waals surface area (Å²) in [6.07, 6.45) is 1.77. The van der Waals surface area contributed by atoms with Crippen molar-refractivity contribution in [2.75, 3.05) is 25.4 Å². The fraction of sp³-hybridized carbons (Fsp3) is 0.500. The second-order valence-electron chi connectivity index (χ2n) is 4.96. The number of piperidine rings is 1. The zero-order chi connectivity index (χ0) is 13.7. The minimum Gasteiger partial charge on any atom is -0.369 e. The molecular weight excluding hydrogens is 263 g/mol. The first-order chi connectivity index (χ1) is 9.16. The van der Waals surface area contributed by atoms with Crippen LogP contribution in [0.15, 0.2) is 29.2 Å². The Balaban J connectivity index is 1.70. The minimum absolute atomic E-state index is 0.0583. The number of nitrogens with two attached hydrogens (primary N) is 1. The highest BCUT2D eigenvalue weighted by atomic mass is 32.2. The molecule has 5 heteroatoms. The predicted molar refractivity (Wildman–Crippen MR) is 74.6 cm³/mol. The molecule has 1 saturated heterocycles. The Hall–Kier alpha value is -1.07. The smallest absolute Gasteiger partial charge is 0.220 e. The highest BCUT2D eigenvalue weighted by molar-refractivity contribution is 7.99. The number of nitrogens with one attached hydrogen (secondary N) is 1. The second-order valence-corrected chi connectivity index (χ2v) is 6.09. The monoisotopic (exact) mass is 283 g/mol. The number of quaternary nitrogens is 1. The van der Waals surface area contributed by atoms with Crippen molar-refractivity contribution in [1.29, 1.82) is 0 Å². The van der Waals surface area contributed by atoms with Gasteiger partial charge in [-0.3, -0.25) is 4.79 Å². The fourth-order valence-corrected chi connectivity index (χ4v) is 3.42. The number of halogens is 1. The van der Waals surface area contributed by atoms with E-state index in [1.165, 1.54) is 11.0 Å². The topological polar surface area (TPSA) is 47.5 Å². The highest BCUT2D eigenvalue weighted by Gasteiger charge is 2.25. The normalized spacial score (nSPS) is 23.2. The fourth-order valence-electron chi connectivity index (χ4n) is 2.43. The number of likely N-dealkylation sites (tertiary alicyclic amines) is 1. The molecule has 0 spiro atoms. The van der Waals surface area contributed by atoms with Gasteiger partial charge in [-0.1, -0.05) is 12.1 Å². The number of hydrogen-bond acceptors (Lipinski definition) is 2. The molecule has 1 aromatic rings. The lowest BCUT2D eigenvalue weighted by atomic mass is 9.96. The van der Waals surface area contributed by atoms with E-state index in [9.17, 15) is 9.18 Å². The Kier molecular flexibility index (Phi) is 5.22. The first kappa shape index (κ1) is 14.3. The number of carbonyl (C=O) groups is 1. The predicted octanol–water partition coefficient (Wildman–Crippen LogP) is 0.698. The van der Waals surface area contributed by atoms with Crippen molar-refractivity contribution in [1.82, 2.24) is 0 Å². The van der Waals surface area contributed by atoms with Gasteiger partial charge in [0.2, 0.25) is 5.91 Å². The largest absolute Gasteiger partial charge is 0.369 e. The molecule has 0 unspecified atom stereocenters. The Morgan fingerprint density at radius 2 is 2.05 bits per heavy atom. The summed E-state index contributed by atoms with van der Waals surface area (Å²) in [5, 5.41) is 0. The number of carbonyl (C=O) groups excluding carboxylic acids is 1. The van der Waals surface area contributed by atoms with E-state index in [1.54, 1.807) is 17.8 Å². The standard InChI is InChI=1S/C14H19FN2OS/c15-12-3-1-2-4-13(12)19-10-9-17-7-5-11(6-8-17)14(16)18/h1-4,11H,5-10H2,(H2,16,18)/p+1. The molecule has 0 radical (unpaired) electrons. The average molecular weight is 283 g/mol. The third kappa shape index (κ3) is 4.21. The summed E-state index contributed by atoms with van der Waals surface area (Å²) in [6, 6.07) is 6.87. The lowest BCUT2D eigenvalue weighted by Gasteiger charge is -2.27. The third-order valence-electron chi connectivity index (χ3n) is 3.64. The summed E-state index contributed by atoms with van der Waals surface area (Å²) in [4.78, 5) is 13.3. The van der Waals surface area contributed by atoms with Gasteiger partial charge in [0.1, 0.15) is 5.82 Å². The molecule has 2 rings (SSSR count). The molecule has 1 aliphatic rings. The molecule has 0 aromatic heterocycles. The Labute approximate surface area is 117 Å². The maximum atomic E-state index is 13.4. The quantitative estimate of drug-likeness (QED) is 0.782. The number of thioether (sulfide) groups is 1. The number of benzene rings is 1. The highest BCUT2D eigenvalue weighted by Crippen LogP contribution is 2.20. The lowest BCUT2D eigenvalue weighted by Crippen LogP contribution is -3.13. The van der Waals surface area contributed by atoms with Gasteiger partial charge < -0.3 is 10.6 Å². The van der Waals surface area contributed by atoms with E-state index in [0.717, 1.165) is 38.2 Å². The van der Waals surface area contributed by atoms with E-state index in [4.69, 9.17) is 5.73 Å². The van der Waals surface area contributed by atoms with Crippen molar-refractivity contribution in [2.24, 2.45) is 11.7 Å². The zero-order valence-corrected chi connectivity index (χ0v) is 11.7. The summed E-state index contributed by atoms with van der Waals surface area (Å²) in [7, 11) is 0. The molecule has 1 aromatic carbocycles. The summed E-state index contributed by atoms with van der Waals surface area (Å²) >= 11 is 1.56. The maximum Gasteiger partial charge on any atom is 0.220 e. The van der Waals surface area contributed by atoms with E-state index in [2.05, 4.69) is 0 Å². The molecule has 1 heterocycles. The third-order valence-corrected chi connectivity index (χ3v) is 4.70. The number of primary amides is 1. The van der Waals surface area contributed by atoms with Crippen LogP contribution in [0.25, 0.3) is 0 Å². The van der Waals surface area contributed by atoms with Crippen LogP contribution >= 0.6 is 11.8 Å². The molecule has 0 aliphatic carbocycles. The van der Waals surface area contributed by atoms with Crippen molar-refractivity contribution in [3.63, 3.8) is 0 Å². The van der Waals surface area contributed by atoms with Crippen molar-refractivity contribution < 1.29 is 14.1 Å². The van der Waals surface area contributed by atoms with Gasteiger partial charge in [-0.25, -0.2) is 4.39 Å². The van der Waals surface area contributed by atoms with Crippen LogP contribution in [0.1, 0.15) is 12.8 Å². The molecule has 3 N–H and O–H groups in total. The van der Waals surface area contributed by atoms with Gasteiger partial charge in [-0.2, -0.15) is 0 Å². The molecule has 0 saturated carbocycles. The van der Waals surface area contributed by atoms with Gasteiger partial charge in [0.15, 0.2) is 0 Å². The number of rotatable bonds is 5. The van der Waals surface area contributed by atoms with E-state index in [-0.39, 0.29) is 17.6 Å². The van der Waals surface area contributed by atoms with Crippen LogP contribution in [-0.4, -0.2) is 31.3 Å². The van der Waals surface area contributed by atoms with Gasteiger partial charge in [0, 0.05) is 29.4 Å². The molecule has 3 nitrogen and oxygen atoms in total. The van der Waals surface area contributed by atoms with Crippen LogP contribution in [0.4, 0.5) is 4.39 Å².